The fraction of sp³-hybridized carbons (Fsp3) is 0.360. The number of rotatable bonds is 6. The molecule has 1 aromatic carbocycles. The van der Waals surface area contributed by atoms with Gasteiger partial charge in [-0.05, 0) is 55.2 Å². The molecule has 2 aliphatic heterocycles. The first-order valence-corrected chi connectivity index (χ1v) is 10.9. The van der Waals surface area contributed by atoms with Crippen molar-refractivity contribution in [2.75, 3.05) is 25.0 Å². The fourth-order valence-corrected chi connectivity index (χ4v) is 4.37. The maximum Gasteiger partial charge on any atom is 0.338 e. The number of esters is 1. The van der Waals surface area contributed by atoms with Crippen molar-refractivity contribution in [1.29, 1.82) is 10.7 Å². The highest BCUT2D eigenvalue weighted by atomic mass is 16.5. The third-order valence-electron chi connectivity index (χ3n) is 6.12. The number of carbonyl (C=O) groups excluding carboxylic acids is 1. The number of anilines is 1. The second kappa shape index (κ2) is 9.53. The summed E-state index contributed by atoms with van der Waals surface area (Å²) in [7, 11) is 0. The summed E-state index contributed by atoms with van der Waals surface area (Å²) in [4.78, 5) is 18.4. The van der Waals surface area contributed by atoms with E-state index in [1.165, 1.54) is 6.21 Å². The topological polar surface area (TPSA) is 111 Å². The molecule has 1 aromatic heterocycles. The summed E-state index contributed by atoms with van der Waals surface area (Å²) in [6.07, 6.45) is 4.55. The van der Waals surface area contributed by atoms with E-state index < -0.39 is 0 Å². The van der Waals surface area contributed by atoms with Crippen LogP contribution in [0.4, 0.5) is 5.82 Å². The Kier molecular flexibility index (Phi) is 6.54. The first kappa shape index (κ1) is 22.6. The maximum atomic E-state index is 11.9. The van der Waals surface area contributed by atoms with Crippen LogP contribution in [0.1, 0.15) is 51.2 Å². The Bertz CT molecular complexity index is 1170. The van der Waals surface area contributed by atoms with Gasteiger partial charge in [0.1, 0.15) is 18.5 Å². The van der Waals surface area contributed by atoms with E-state index in [2.05, 4.69) is 21.3 Å². The van der Waals surface area contributed by atoms with E-state index in [-0.39, 0.29) is 18.2 Å². The van der Waals surface area contributed by atoms with Crippen LogP contribution < -0.4 is 5.32 Å². The zero-order chi connectivity index (χ0) is 23.5. The second-order valence-corrected chi connectivity index (χ2v) is 8.52. The predicted molar refractivity (Wildman–Crippen MR) is 124 cm³/mol. The van der Waals surface area contributed by atoms with Gasteiger partial charge >= 0.3 is 5.97 Å². The van der Waals surface area contributed by atoms with Gasteiger partial charge in [0.05, 0.1) is 23.3 Å². The molecule has 170 valence electrons. The van der Waals surface area contributed by atoms with Crippen LogP contribution in [-0.4, -0.2) is 47.8 Å². The summed E-state index contributed by atoms with van der Waals surface area (Å²) in [6, 6.07) is 7.72. The van der Waals surface area contributed by atoms with Gasteiger partial charge in [0.2, 0.25) is 0 Å². The highest BCUT2D eigenvalue weighted by Crippen LogP contribution is 2.33. The molecule has 4 rings (SSSR count). The van der Waals surface area contributed by atoms with Crippen molar-refractivity contribution in [2.24, 2.45) is 0 Å². The molecule has 0 aliphatic carbocycles. The molecule has 8 heteroatoms. The quantitative estimate of drug-likeness (QED) is 0.516. The van der Waals surface area contributed by atoms with Crippen molar-refractivity contribution in [3.63, 3.8) is 0 Å². The van der Waals surface area contributed by atoms with Crippen LogP contribution in [0.2, 0.25) is 0 Å². The molecule has 0 amide bonds. The van der Waals surface area contributed by atoms with E-state index in [1.54, 1.807) is 12.4 Å². The molecule has 1 saturated heterocycles. The van der Waals surface area contributed by atoms with Crippen LogP contribution in [0, 0.1) is 30.6 Å². The molecule has 8 nitrogen and oxygen atoms in total. The van der Waals surface area contributed by atoms with Gasteiger partial charge in [-0.15, -0.1) is 0 Å². The molecule has 2 aromatic rings. The summed E-state index contributed by atoms with van der Waals surface area (Å²) in [5.74, 6) is 0.365. The smallest absolute Gasteiger partial charge is 0.338 e. The van der Waals surface area contributed by atoms with Gasteiger partial charge < -0.3 is 20.2 Å². The predicted octanol–water partition coefficient (Wildman–Crippen LogP) is 3.65. The summed E-state index contributed by atoms with van der Waals surface area (Å²) in [5.41, 5.74) is 5.90. The van der Waals surface area contributed by atoms with E-state index in [1.807, 2.05) is 39.0 Å². The Hall–Kier alpha value is -3.54. The number of benzene rings is 1. The molecule has 2 aliphatic rings. The van der Waals surface area contributed by atoms with Crippen LogP contribution >= 0.6 is 0 Å². The monoisotopic (exact) mass is 445 g/mol. The second-order valence-electron chi connectivity index (χ2n) is 8.52. The van der Waals surface area contributed by atoms with Gasteiger partial charge in [0.25, 0.3) is 0 Å². The summed E-state index contributed by atoms with van der Waals surface area (Å²) < 4.78 is 11.4. The zero-order valence-electron chi connectivity index (χ0n) is 19.0. The van der Waals surface area contributed by atoms with Crippen LogP contribution in [-0.2, 0) is 16.1 Å². The maximum absolute atomic E-state index is 11.9. The standard InChI is InChI=1S/C25H27N5O3/c1-15-6-24(29-10-19(15)8-27)28-9-18(7-26)12-30-11-16(2)33-23(13-30)20-4-5-21-22(17(20)3)14-32-25(21)31/h4-7,9-10,16,23,26H,11-14H2,1-3H3,(H,28,29)/b18-9+,26-7?/t16?,23-/m0/s1. The normalized spacial score (nSPS) is 20.7. The number of fused-ring (bicyclic) bond motifs is 1. The first-order chi connectivity index (χ1) is 15.9. The molecule has 0 spiro atoms. The molecule has 3 heterocycles. The van der Waals surface area contributed by atoms with E-state index in [0.717, 1.165) is 34.4 Å². The largest absolute Gasteiger partial charge is 0.457 e. The minimum Gasteiger partial charge on any atom is -0.457 e. The number of ether oxygens (including phenoxy) is 2. The molecule has 1 unspecified atom stereocenters. The SMILES string of the molecule is Cc1cc(N/C=C(\C=N)CN2CC(C)O[C@H](c3ccc4c(c3C)COC4=O)C2)ncc1C#N. The molecule has 2 N–H and O–H groups in total. The number of cyclic esters (lactones) is 1. The number of hydrogen-bond acceptors (Lipinski definition) is 8. The number of nitriles is 1. The minimum absolute atomic E-state index is 0.0251. The van der Waals surface area contributed by atoms with Crippen molar-refractivity contribution < 1.29 is 14.3 Å². The third-order valence-corrected chi connectivity index (χ3v) is 6.12. The molecular formula is C25H27N5O3. The minimum atomic E-state index is -0.264. The molecular weight excluding hydrogens is 418 g/mol. The van der Waals surface area contributed by atoms with Crippen molar-refractivity contribution in [3.8, 4) is 6.07 Å². The first-order valence-electron chi connectivity index (χ1n) is 10.9. The molecule has 0 saturated carbocycles. The molecule has 0 bridgehead atoms. The van der Waals surface area contributed by atoms with Gasteiger partial charge in [-0.3, -0.25) is 4.90 Å². The Balaban J connectivity index is 1.47. The number of nitrogens with one attached hydrogen (secondary N) is 2. The fourth-order valence-electron chi connectivity index (χ4n) is 4.37. The van der Waals surface area contributed by atoms with E-state index in [0.29, 0.717) is 36.6 Å². The number of hydrogen-bond donors (Lipinski definition) is 2. The number of morpholine rings is 1. The van der Waals surface area contributed by atoms with Gasteiger partial charge in [-0.2, -0.15) is 5.26 Å². The Morgan fingerprint density at radius 3 is 2.94 bits per heavy atom. The van der Waals surface area contributed by atoms with E-state index >= 15 is 0 Å². The van der Waals surface area contributed by atoms with E-state index in [9.17, 15) is 4.79 Å². The molecule has 0 radical (unpaired) electrons. The third kappa shape index (κ3) is 4.80. The lowest BCUT2D eigenvalue weighted by Crippen LogP contribution is -2.44. The lowest BCUT2D eigenvalue weighted by molar-refractivity contribution is -0.0763. The van der Waals surface area contributed by atoms with Crippen molar-refractivity contribution >= 4 is 18.0 Å². The Labute approximate surface area is 193 Å². The van der Waals surface area contributed by atoms with Crippen LogP contribution in [0.3, 0.4) is 0 Å². The average Bonchev–Trinajstić information content (AvgIpc) is 3.18. The van der Waals surface area contributed by atoms with Gasteiger partial charge in [0, 0.05) is 43.8 Å². The Morgan fingerprint density at radius 1 is 1.39 bits per heavy atom. The highest BCUT2D eigenvalue weighted by molar-refractivity contribution is 5.94. The summed E-state index contributed by atoms with van der Waals surface area (Å²) in [6.45, 7) is 8.26. The van der Waals surface area contributed by atoms with Crippen LogP contribution in [0.5, 0.6) is 0 Å². The lowest BCUT2D eigenvalue weighted by Gasteiger charge is -2.37. The van der Waals surface area contributed by atoms with E-state index in [4.69, 9.17) is 20.1 Å². The lowest BCUT2D eigenvalue weighted by atomic mass is 9.94. The van der Waals surface area contributed by atoms with Gasteiger partial charge in [0.15, 0.2) is 0 Å². The van der Waals surface area contributed by atoms with Gasteiger partial charge in [-0.25, -0.2) is 9.78 Å². The molecule has 33 heavy (non-hydrogen) atoms. The van der Waals surface area contributed by atoms with Crippen molar-refractivity contribution in [2.45, 2.75) is 39.6 Å². The van der Waals surface area contributed by atoms with Gasteiger partial charge in [-0.1, -0.05) is 6.07 Å². The molecule has 2 atom stereocenters. The highest BCUT2D eigenvalue weighted by Gasteiger charge is 2.31. The summed E-state index contributed by atoms with van der Waals surface area (Å²) in [5, 5.41) is 20.0. The zero-order valence-corrected chi connectivity index (χ0v) is 19.0. The van der Waals surface area contributed by atoms with Crippen molar-refractivity contribution in [1.82, 2.24) is 9.88 Å². The number of aryl methyl sites for hydroxylation is 1. The molecule has 1 fully saturated rings. The van der Waals surface area contributed by atoms with Crippen LogP contribution in [0.15, 0.2) is 36.2 Å². The average molecular weight is 446 g/mol. The summed E-state index contributed by atoms with van der Waals surface area (Å²) >= 11 is 0. The number of aromatic nitrogens is 1. The van der Waals surface area contributed by atoms with Crippen LogP contribution in [0.25, 0.3) is 0 Å². The number of carbonyl (C=O) groups is 1. The van der Waals surface area contributed by atoms with Crippen molar-refractivity contribution in [3.05, 3.63) is 69.5 Å². The number of nitrogens with zero attached hydrogens (tertiary/aromatic N) is 3. The number of pyridine rings is 1. The Morgan fingerprint density at radius 2 is 2.21 bits per heavy atom.